The number of amidine groups is 1. The quantitative estimate of drug-likeness (QED) is 0.764. The Bertz CT molecular complexity index is 954. The number of aromatic nitrogens is 2. The van der Waals surface area contributed by atoms with Crippen molar-refractivity contribution in [3.05, 3.63) is 39.7 Å². The third-order valence-corrected chi connectivity index (χ3v) is 5.32. The highest BCUT2D eigenvalue weighted by molar-refractivity contribution is 8.18. The summed E-state index contributed by atoms with van der Waals surface area (Å²) in [6.45, 7) is 3.29. The lowest BCUT2D eigenvalue weighted by molar-refractivity contribution is -0.144. The zero-order chi connectivity index (χ0) is 19.6. The highest BCUT2D eigenvalue weighted by Gasteiger charge is 2.30. The van der Waals surface area contributed by atoms with Crippen LogP contribution in [0, 0.1) is 6.92 Å². The summed E-state index contributed by atoms with van der Waals surface area (Å²) >= 11 is 2.59. The minimum atomic E-state index is -1.05. The average Bonchev–Trinajstić information content (AvgIpc) is 3.14. The first-order chi connectivity index (χ1) is 12.8. The topological polar surface area (TPSA) is 105 Å². The number of carbonyl (C=O) groups excluding carboxylic acids is 1. The molecule has 2 aromatic rings. The number of likely N-dealkylation sites (N-methyl/N-ethyl adjacent to an activating group) is 1. The van der Waals surface area contributed by atoms with Crippen molar-refractivity contribution >= 4 is 51.4 Å². The second-order valence-corrected chi connectivity index (χ2v) is 7.81. The molecule has 1 aromatic heterocycles. The molecule has 0 radical (unpaired) electrons. The van der Waals surface area contributed by atoms with Gasteiger partial charge in [-0.1, -0.05) is 23.5 Å². The third kappa shape index (κ3) is 4.52. The molecule has 27 heavy (non-hydrogen) atoms. The van der Waals surface area contributed by atoms with Crippen LogP contribution in [0.5, 0.6) is 5.75 Å². The number of rotatable bonds is 5. The van der Waals surface area contributed by atoms with Crippen LogP contribution in [0.3, 0.4) is 0 Å². The van der Waals surface area contributed by atoms with E-state index >= 15 is 0 Å². The van der Waals surface area contributed by atoms with Gasteiger partial charge >= 0.3 is 5.97 Å². The molecule has 1 unspecified atom stereocenters. The Morgan fingerprint density at radius 2 is 2.19 bits per heavy atom. The van der Waals surface area contributed by atoms with Crippen molar-refractivity contribution in [2.75, 3.05) is 7.05 Å². The normalized spacial score (nSPS) is 18.3. The number of thioether (sulfide) groups is 1. The Balaban J connectivity index is 1.82. The maximum absolute atomic E-state index is 12.5. The highest BCUT2D eigenvalue weighted by atomic mass is 32.2. The van der Waals surface area contributed by atoms with E-state index < -0.39 is 12.1 Å². The van der Waals surface area contributed by atoms with Crippen LogP contribution in [0.1, 0.15) is 17.5 Å². The van der Waals surface area contributed by atoms with E-state index in [9.17, 15) is 9.59 Å². The predicted molar refractivity (Wildman–Crippen MR) is 104 cm³/mol. The van der Waals surface area contributed by atoms with E-state index in [4.69, 9.17) is 9.84 Å². The summed E-state index contributed by atoms with van der Waals surface area (Å²) in [6.07, 6.45) is 0.756. The van der Waals surface area contributed by atoms with E-state index in [0.29, 0.717) is 21.0 Å². The van der Waals surface area contributed by atoms with Crippen LogP contribution in [-0.2, 0) is 9.59 Å². The van der Waals surface area contributed by atoms with Crippen molar-refractivity contribution in [3.63, 3.8) is 0 Å². The van der Waals surface area contributed by atoms with Gasteiger partial charge < -0.3 is 9.84 Å². The number of carboxylic acid groups (broad SMARTS) is 1. The van der Waals surface area contributed by atoms with Gasteiger partial charge in [-0.15, -0.1) is 10.2 Å². The number of carboxylic acids is 1. The lowest BCUT2D eigenvalue weighted by atomic mass is 10.2. The first-order valence-corrected chi connectivity index (χ1v) is 9.52. The molecule has 1 saturated heterocycles. The molecular formula is C17H16N4O4S2. The van der Waals surface area contributed by atoms with Gasteiger partial charge in [0.1, 0.15) is 10.8 Å². The van der Waals surface area contributed by atoms with Crippen LogP contribution in [-0.4, -0.2) is 50.4 Å². The van der Waals surface area contributed by atoms with Gasteiger partial charge in [-0.3, -0.25) is 9.69 Å². The van der Waals surface area contributed by atoms with Gasteiger partial charge in [0.15, 0.2) is 11.3 Å². The third-order valence-electron chi connectivity index (χ3n) is 3.53. The Morgan fingerprint density at radius 1 is 1.41 bits per heavy atom. The second kappa shape index (κ2) is 7.89. The van der Waals surface area contributed by atoms with Gasteiger partial charge in [-0.2, -0.15) is 4.99 Å². The Hall–Kier alpha value is -2.72. The number of aliphatic carboxylic acids is 1. The minimum absolute atomic E-state index is 0.176. The Morgan fingerprint density at radius 3 is 2.85 bits per heavy atom. The fraction of sp³-hybridized carbons (Fsp3) is 0.235. The lowest BCUT2D eigenvalue weighted by Crippen LogP contribution is -2.23. The highest BCUT2D eigenvalue weighted by Crippen LogP contribution is 2.34. The molecule has 1 N–H and O–H groups in total. The molecule has 0 aliphatic carbocycles. The Labute approximate surface area is 163 Å². The fourth-order valence-electron chi connectivity index (χ4n) is 2.15. The van der Waals surface area contributed by atoms with E-state index in [1.165, 1.54) is 34.9 Å². The first-order valence-electron chi connectivity index (χ1n) is 7.89. The van der Waals surface area contributed by atoms with Crippen molar-refractivity contribution in [2.24, 2.45) is 4.99 Å². The zero-order valence-corrected chi connectivity index (χ0v) is 16.4. The summed E-state index contributed by atoms with van der Waals surface area (Å²) in [5, 5.41) is 18.6. The maximum atomic E-state index is 12.5. The number of carbonyl (C=O) groups is 2. The standard InChI is InChI=1S/C17H16N4O4S2/c1-9(15(23)24)25-12-6-4-5-11(7-12)8-13-14(22)21(3)17(27-13)18-16-20-19-10(2)26-16/h4-9H,1-3H3,(H,23,24)/b13-8+,18-17+. The molecule has 1 amide bonds. The molecule has 140 valence electrons. The van der Waals surface area contributed by atoms with Crippen molar-refractivity contribution < 1.29 is 19.4 Å². The summed E-state index contributed by atoms with van der Waals surface area (Å²) in [7, 11) is 1.65. The summed E-state index contributed by atoms with van der Waals surface area (Å²) in [4.78, 5) is 29.7. The molecule has 0 bridgehead atoms. The van der Waals surface area contributed by atoms with Gasteiger partial charge in [-0.25, -0.2) is 4.79 Å². The number of amides is 1. The van der Waals surface area contributed by atoms with Crippen molar-refractivity contribution in [2.45, 2.75) is 20.0 Å². The summed E-state index contributed by atoms with van der Waals surface area (Å²) in [6, 6.07) is 6.90. The molecule has 1 fully saturated rings. The monoisotopic (exact) mass is 404 g/mol. The lowest BCUT2D eigenvalue weighted by Gasteiger charge is -2.10. The van der Waals surface area contributed by atoms with Crippen molar-refractivity contribution in [3.8, 4) is 5.75 Å². The van der Waals surface area contributed by atoms with E-state index in [1.807, 2.05) is 13.0 Å². The van der Waals surface area contributed by atoms with Gasteiger partial charge in [0.2, 0.25) is 5.13 Å². The average molecular weight is 404 g/mol. The zero-order valence-electron chi connectivity index (χ0n) is 14.7. The number of hydrogen-bond donors (Lipinski definition) is 1. The second-order valence-electron chi connectivity index (χ2n) is 5.64. The van der Waals surface area contributed by atoms with Crippen molar-refractivity contribution in [1.82, 2.24) is 15.1 Å². The van der Waals surface area contributed by atoms with Crippen LogP contribution >= 0.6 is 23.1 Å². The van der Waals surface area contributed by atoms with Gasteiger partial charge in [0, 0.05) is 7.05 Å². The molecule has 10 heteroatoms. The number of hydrogen-bond acceptors (Lipinski definition) is 8. The van der Waals surface area contributed by atoms with E-state index in [0.717, 1.165) is 10.6 Å². The van der Waals surface area contributed by atoms with Crippen LogP contribution < -0.4 is 4.74 Å². The largest absolute Gasteiger partial charge is 0.479 e. The van der Waals surface area contributed by atoms with Crippen LogP contribution in [0.2, 0.25) is 0 Å². The minimum Gasteiger partial charge on any atom is -0.479 e. The fourth-order valence-corrected chi connectivity index (χ4v) is 3.73. The molecule has 0 spiro atoms. The Kier molecular flexibility index (Phi) is 5.57. The molecule has 2 heterocycles. The molecule has 1 aromatic carbocycles. The van der Waals surface area contributed by atoms with E-state index in [1.54, 1.807) is 31.3 Å². The number of benzene rings is 1. The maximum Gasteiger partial charge on any atom is 0.344 e. The number of aryl methyl sites for hydroxylation is 1. The summed E-state index contributed by atoms with van der Waals surface area (Å²) < 4.78 is 5.36. The molecule has 1 aliphatic rings. The number of ether oxygens (including phenoxy) is 1. The molecular weight excluding hydrogens is 388 g/mol. The van der Waals surface area contributed by atoms with Crippen LogP contribution in [0.25, 0.3) is 6.08 Å². The molecule has 8 nitrogen and oxygen atoms in total. The van der Waals surface area contributed by atoms with Gasteiger partial charge in [0.05, 0.1) is 4.91 Å². The van der Waals surface area contributed by atoms with Crippen LogP contribution in [0.15, 0.2) is 34.2 Å². The predicted octanol–water partition coefficient (Wildman–Crippen LogP) is 2.93. The van der Waals surface area contributed by atoms with Gasteiger partial charge in [0.25, 0.3) is 5.91 Å². The van der Waals surface area contributed by atoms with E-state index in [2.05, 4.69) is 15.2 Å². The molecule has 1 atom stereocenters. The molecule has 3 rings (SSSR count). The molecule has 0 saturated carbocycles. The van der Waals surface area contributed by atoms with E-state index in [-0.39, 0.29) is 5.91 Å². The number of nitrogens with zero attached hydrogens (tertiary/aromatic N) is 4. The summed E-state index contributed by atoms with van der Waals surface area (Å²) in [5.41, 5.74) is 0.724. The SMILES string of the molecule is Cc1nnc(/N=C2/S/C(=C/c3cccc(OC(C)C(=O)O)c3)C(=O)N2C)s1. The number of aliphatic imine (C=N–C) groups is 1. The molecule has 1 aliphatic heterocycles. The van der Waals surface area contributed by atoms with Crippen molar-refractivity contribution in [1.29, 1.82) is 0 Å². The summed E-state index contributed by atoms with van der Waals surface area (Å²) in [5.74, 6) is -0.804. The smallest absolute Gasteiger partial charge is 0.344 e. The first kappa shape index (κ1) is 19.1. The van der Waals surface area contributed by atoms with Crippen LogP contribution in [0.4, 0.5) is 5.13 Å². The van der Waals surface area contributed by atoms with Gasteiger partial charge in [-0.05, 0) is 49.4 Å².